The first-order valence-electron chi connectivity index (χ1n) is 6.39. The topological polar surface area (TPSA) is 59.1 Å². The highest BCUT2D eigenvalue weighted by Crippen LogP contribution is 2.34. The van der Waals surface area contributed by atoms with E-state index in [4.69, 9.17) is 15.9 Å². The fraction of sp³-hybridized carbons (Fsp3) is 0.188. The van der Waals surface area contributed by atoms with Crippen molar-refractivity contribution in [2.45, 2.75) is 20.8 Å². The number of nitrogens with two attached hydrogens (primary N) is 1. The number of ether oxygens (including phenoxy) is 1. The number of amidine groups is 1. The predicted molar refractivity (Wildman–Crippen MR) is 85.8 cm³/mol. The number of hydrogen-bond donors (Lipinski definition) is 2. The summed E-state index contributed by atoms with van der Waals surface area (Å²) in [5.41, 5.74) is 8.80. The van der Waals surface area contributed by atoms with E-state index in [0.717, 1.165) is 16.7 Å². The number of hydrogen-bond acceptors (Lipinski definition) is 2. The average molecular weight is 351 g/mol. The second-order valence-electron chi connectivity index (χ2n) is 4.96. The lowest BCUT2D eigenvalue weighted by Crippen LogP contribution is -2.12. The van der Waals surface area contributed by atoms with Crippen molar-refractivity contribution in [3.63, 3.8) is 0 Å². The van der Waals surface area contributed by atoms with Crippen molar-refractivity contribution in [1.82, 2.24) is 0 Å². The van der Waals surface area contributed by atoms with Gasteiger partial charge in [-0.25, -0.2) is 4.39 Å². The van der Waals surface area contributed by atoms with E-state index in [9.17, 15) is 4.39 Å². The van der Waals surface area contributed by atoms with Gasteiger partial charge in [-0.2, -0.15) is 0 Å². The highest BCUT2D eigenvalue weighted by Gasteiger charge is 2.15. The van der Waals surface area contributed by atoms with Gasteiger partial charge >= 0.3 is 0 Å². The maximum Gasteiger partial charge on any atom is 0.180 e. The lowest BCUT2D eigenvalue weighted by Gasteiger charge is -2.14. The van der Waals surface area contributed by atoms with Crippen molar-refractivity contribution in [2.75, 3.05) is 0 Å². The smallest absolute Gasteiger partial charge is 0.180 e. The highest BCUT2D eigenvalue weighted by molar-refractivity contribution is 9.10. The summed E-state index contributed by atoms with van der Waals surface area (Å²) < 4.78 is 20.2. The third-order valence-electron chi connectivity index (χ3n) is 3.32. The molecule has 0 heterocycles. The summed E-state index contributed by atoms with van der Waals surface area (Å²) in [6, 6.07) is 6.96. The monoisotopic (exact) mass is 350 g/mol. The number of rotatable bonds is 3. The van der Waals surface area contributed by atoms with E-state index in [2.05, 4.69) is 15.9 Å². The molecule has 0 aliphatic heterocycles. The van der Waals surface area contributed by atoms with Gasteiger partial charge in [0.1, 0.15) is 11.6 Å². The molecule has 21 heavy (non-hydrogen) atoms. The summed E-state index contributed by atoms with van der Waals surface area (Å²) in [6.45, 7) is 5.88. The molecule has 0 fully saturated rings. The van der Waals surface area contributed by atoms with Crippen molar-refractivity contribution in [1.29, 1.82) is 5.41 Å². The van der Waals surface area contributed by atoms with Crippen LogP contribution in [-0.4, -0.2) is 5.84 Å². The zero-order chi connectivity index (χ0) is 15.7. The predicted octanol–water partition coefficient (Wildman–Crippen LogP) is 4.59. The van der Waals surface area contributed by atoms with Crippen LogP contribution in [0.15, 0.2) is 28.7 Å². The molecule has 0 bridgehead atoms. The molecule has 0 atom stereocenters. The molecule has 0 unspecified atom stereocenters. The molecule has 5 heteroatoms. The zero-order valence-electron chi connectivity index (χ0n) is 12.1. The minimum atomic E-state index is -0.568. The van der Waals surface area contributed by atoms with E-state index >= 15 is 0 Å². The Balaban J connectivity index is 2.46. The molecule has 0 saturated heterocycles. The Labute approximate surface area is 131 Å². The molecule has 2 aromatic carbocycles. The summed E-state index contributed by atoms with van der Waals surface area (Å²) in [5, 5.41) is 7.40. The fourth-order valence-electron chi connectivity index (χ4n) is 2.04. The first-order chi connectivity index (χ1) is 9.81. The van der Waals surface area contributed by atoms with Crippen molar-refractivity contribution >= 4 is 21.8 Å². The van der Waals surface area contributed by atoms with Crippen LogP contribution in [0.1, 0.15) is 22.3 Å². The van der Waals surface area contributed by atoms with Crippen LogP contribution in [0.2, 0.25) is 0 Å². The molecule has 3 nitrogen and oxygen atoms in total. The molecule has 0 saturated carbocycles. The molecule has 0 amide bonds. The van der Waals surface area contributed by atoms with Crippen molar-refractivity contribution in [3.05, 3.63) is 56.8 Å². The van der Waals surface area contributed by atoms with Gasteiger partial charge in [0.2, 0.25) is 0 Å². The third kappa shape index (κ3) is 3.08. The fourth-order valence-corrected chi connectivity index (χ4v) is 2.58. The molecule has 2 rings (SSSR count). The van der Waals surface area contributed by atoms with E-state index in [1.807, 2.05) is 32.9 Å². The van der Waals surface area contributed by atoms with E-state index in [1.165, 1.54) is 6.07 Å². The normalized spacial score (nSPS) is 10.5. The average Bonchev–Trinajstić information content (AvgIpc) is 2.40. The number of nitrogens with one attached hydrogen (secondary N) is 1. The summed E-state index contributed by atoms with van der Waals surface area (Å²) in [4.78, 5) is 0. The lowest BCUT2D eigenvalue weighted by atomic mass is 10.1. The van der Waals surface area contributed by atoms with Crippen molar-refractivity contribution in [3.8, 4) is 11.5 Å². The summed E-state index contributed by atoms with van der Waals surface area (Å²) in [5.74, 6) is -0.0509. The van der Waals surface area contributed by atoms with Gasteiger partial charge in [-0.3, -0.25) is 5.41 Å². The number of benzene rings is 2. The Morgan fingerprint density at radius 3 is 2.48 bits per heavy atom. The van der Waals surface area contributed by atoms with E-state index in [-0.39, 0.29) is 16.1 Å². The molecule has 0 spiro atoms. The first kappa shape index (κ1) is 15.5. The summed E-state index contributed by atoms with van der Waals surface area (Å²) >= 11 is 3.12. The number of aryl methyl sites for hydroxylation is 2. The van der Waals surface area contributed by atoms with Gasteiger partial charge in [-0.05, 0) is 71.6 Å². The van der Waals surface area contributed by atoms with Crippen LogP contribution in [0.25, 0.3) is 0 Å². The van der Waals surface area contributed by atoms with Crippen LogP contribution in [0.3, 0.4) is 0 Å². The molecule has 0 aliphatic carbocycles. The summed E-state index contributed by atoms with van der Waals surface area (Å²) in [7, 11) is 0. The third-order valence-corrected chi connectivity index (χ3v) is 4.10. The number of nitrogen functional groups attached to an aromatic ring is 1. The molecule has 3 N–H and O–H groups in total. The van der Waals surface area contributed by atoms with E-state index in [0.29, 0.717) is 11.3 Å². The minimum absolute atomic E-state index is 0.0972. The van der Waals surface area contributed by atoms with Gasteiger partial charge in [-0.15, -0.1) is 0 Å². The second kappa shape index (κ2) is 5.85. The molecular formula is C16H16BrFN2O. The van der Waals surface area contributed by atoms with Crippen LogP contribution in [0.5, 0.6) is 11.5 Å². The van der Waals surface area contributed by atoms with Crippen LogP contribution >= 0.6 is 15.9 Å². The Kier molecular flexibility index (Phi) is 4.32. The van der Waals surface area contributed by atoms with Crippen LogP contribution in [0, 0.1) is 32.0 Å². The number of halogens is 2. The first-order valence-corrected chi connectivity index (χ1v) is 7.18. The van der Waals surface area contributed by atoms with Gasteiger partial charge in [-0.1, -0.05) is 6.07 Å². The Hall–Kier alpha value is -1.88. The van der Waals surface area contributed by atoms with E-state index in [1.54, 1.807) is 6.07 Å². The minimum Gasteiger partial charge on any atom is -0.454 e. The lowest BCUT2D eigenvalue weighted by molar-refractivity contribution is 0.437. The zero-order valence-corrected chi connectivity index (χ0v) is 13.6. The maximum absolute atomic E-state index is 14.3. The van der Waals surface area contributed by atoms with Crippen LogP contribution in [-0.2, 0) is 0 Å². The molecule has 0 aliphatic rings. The molecular weight excluding hydrogens is 335 g/mol. The van der Waals surface area contributed by atoms with Gasteiger partial charge in [0, 0.05) is 5.56 Å². The Morgan fingerprint density at radius 2 is 1.86 bits per heavy atom. The molecule has 0 radical (unpaired) electrons. The largest absolute Gasteiger partial charge is 0.454 e. The SMILES string of the molecule is Cc1cc(C)c(C)c(Oc2ccc(C(=N)N)c(Br)c2F)c1. The highest BCUT2D eigenvalue weighted by atomic mass is 79.9. The molecule has 0 aromatic heterocycles. The van der Waals surface area contributed by atoms with Crippen molar-refractivity contribution in [2.24, 2.45) is 5.73 Å². The van der Waals surface area contributed by atoms with Gasteiger partial charge < -0.3 is 10.5 Å². The van der Waals surface area contributed by atoms with Crippen LogP contribution < -0.4 is 10.5 Å². The van der Waals surface area contributed by atoms with E-state index < -0.39 is 5.82 Å². The Morgan fingerprint density at radius 1 is 1.19 bits per heavy atom. The van der Waals surface area contributed by atoms with Gasteiger partial charge in [0.15, 0.2) is 11.6 Å². The second-order valence-corrected chi connectivity index (χ2v) is 5.75. The van der Waals surface area contributed by atoms with Gasteiger partial charge in [0.05, 0.1) is 4.47 Å². The quantitative estimate of drug-likeness (QED) is 0.628. The standard InChI is InChI=1S/C16H16BrFN2O/c1-8-6-9(2)10(3)13(7-8)21-12-5-4-11(16(19)20)14(17)15(12)18/h4-7H,1-3H3,(H3,19,20). The Bertz CT molecular complexity index is 729. The maximum atomic E-state index is 14.3. The van der Waals surface area contributed by atoms with Gasteiger partial charge in [0.25, 0.3) is 0 Å². The summed E-state index contributed by atoms with van der Waals surface area (Å²) in [6.07, 6.45) is 0. The molecule has 110 valence electrons. The molecule has 2 aromatic rings. The van der Waals surface area contributed by atoms with Crippen LogP contribution in [0.4, 0.5) is 4.39 Å². The van der Waals surface area contributed by atoms with Crippen molar-refractivity contribution < 1.29 is 9.13 Å².